The van der Waals surface area contributed by atoms with Crippen molar-refractivity contribution in [2.45, 2.75) is 6.42 Å². The van der Waals surface area contributed by atoms with Crippen molar-refractivity contribution in [1.29, 1.82) is 0 Å². The third-order valence-electron chi connectivity index (χ3n) is 4.27. The number of fused-ring (bicyclic) bond motifs is 1. The zero-order chi connectivity index (χ0) is 18.1. The predicted octanol–water partition coefficient (Wildman–Crippen LogP) is 5.33. The quantitative estimate of drug-likeness (QED) is 0.664. The number of anilines is 3. The molecule has 3 aromatic rings. The summed E-state index contributed by atoms with van der Waals surface area (Å²) in [6, 6.07) is 14.9. The number of para-hydroxylation sites is 1. The normalized spacial score (nSPS) is 12.8. The van der Waals surface area contributed by atoms with E-state index in [9.17, 15) is 4.79 Å². The van der Waals surface area contributed by atoms with Crippen LogP contribution in [0.15, 0.2) is 60.9 Å². The Morgan fingerprint density at radius 1 is 1.00 bits per heavy atom. The number of carbonyl (C=O) groups excluding carboxylic acids is 1. The Morgan fingerprint density at radius 2 is 1.77 bits per heavy atom. The standard InChI is InChI=1S/C20H15Cl2N3O/c21-15-8-16(22)10-17(9-15)24-18-7-14(11-23-12-18)20(26)25-6-5-13-3-1-2-4-19(13)25/h1-4,7-12,24H,5-6H2. The maximum atomic E-state index is 12.9. The van der Waals surface area contributed by atoms with E-state index in [1.54, 1.807) is 41.6 Å². The van der Waals surface area contributed by atoms with E-state index in [4.69, 9.17) is 23.2 Å². The van der Waals surface area contributed by atoms with Crippen LogP contribution in [-0.2, 0) is 6.42 Å². The summed E-state index contributed by atoms with van der Waals surface area (Å²) in [5, 5.41) is 4.26. The molecule has 2 heterocycles. The van der Waals surface area contributed by atoms with Crippen LogP contribution in [0.5, 0.6) is 0 Å². The Balaban J connectivity index is 1.59. The van der Waals surface area contributed by atoms with E-state index in [0.29, 0.717) is 27.8 Å². The van der Waals surface area contributed by atoms with E-state index in [1.807, 2.05) is 18.2 Å². The molecule has 0 atom stereocenters. The summed E-state index contributed by atoms with van der Waals surface area (Å²) in [5.41, 5.74) is 4.12. The van der Waals surface area contributed by atoms with Gasteiger partial charge in [0, 0.05) is 34.2 Å². The Bertz CT molecular complexity index is 970. The fraction of sp³-hybridized carbons (Fsp3) is 0.100. The first-order valence-corrected chi connectivity index (χ1v) is 8.94. The van der Waals surface area contributed by atoms with Gasteiger partial charge in [-0.25, -0.2) is 0 Å². The summed E-state index contributed by atoms with van der Waals surface area (Å²) in [6.45, 7) is 0.680. The number of hydrogen-bond acceptors (Lipinski definition) is 3. The van der Waals surface area contributed by atoms with Gasteiger partial charge >= 0.3 is 0 Å². The van der Waals surface area contributed by atoms with Crippen molar-refractivity contribution in [2.24, 2.45) is 0 Å². The first-order valence-electron chi connectivity index (χ1n) is 8.18. The maximum absolute atomic E-state index is 12.9. The van der Waals surface area contributed by atoms with Gasteiger partial charge in [-0.2, -0.15) is 0 Å². The van der Waals surface area contributed by atoms with Gasteiger partial charge in [0.2, 0.25) is 0 Å². The van der Waals surface area contributed by atoms with Crippen LogP contribution >= 0.6 is 23.2 Å². The van der Waals surface area contributed by atoms with E-state index < -0.39 is 0 Å². The molecular weight excluding hydrogens is 369 g/mol. The van der Waals surface area contributed by atoms with Gasteiger partial charge in [0.05, 0.1) is 17.4 Å². The minimum Gasteiger partial charge on any atom is -0.354 e. The fourth-order valence-electron chi connectivity index (χ4n) is 3.12. The molecule has 6 heteroatoms. The molecule has 0 unspecified atom stereocenters. The SMILES string of the molecule is O=C(c1cncc(Nc2cc(Cl)cc(Cl)c2)c1)N1CCc2ccccc21. The van der Waals surface area contributed by atoms with Gasteiger partial charge in [0.25, 0.3) is 5.91 Å². The minimum absolute atomic E-state index is 0.0600. The van der Waals surface area contributed by atoms with Crippen LogP contribution < -0.4 is 10.2 Å². The van der Waals surface area contributed by atoms with E-state index in [1.165, 1.54) is 5.56 Å². The minimum atomic E-state index is -0.0600. The Kier molecular flexibility index (Phi) is 4.53. The second-order valence-corrected chi connectivity index (χ2v) is 6.95. The molecule has 0 bridgehead atoms. The van der Waals surface area contributed by atoms with Crippen LogP contribution in [0.4, 0.5) is 17.1 Å². The van der Waals surface area contributed by atoms with Gasteiger partial charge < -0.3 is 10.2 Å². The van der Waals surface area contributed by atoms with Gasteiger partial charge in [0.15, 0.2) is 0 Å². The van der Waals surface area contributed by atoms with Crippen LogP contribution in [0.1, 0.15) is 15.9 Å². The monoisotopic (exact) mass is 383 g/mol. The van der Waals surface area contributed by atoms with Crippen molar-refractivity contribution in [3.63, 3.8) is 0 Å². The lowest BCUT2D eigenvalue weighted by Gasteiger charge is -2.17. The number of rotatable bonds is 3. The lowest BCUT2D eigenvalue weighted by atomic mass is 10.2. The second-order valence-electron chi connectivity index (χ2n) is 6.08. The third kappa shape index (κ3) is 3.39. The zero-order valence-corrected chi connectivity index (χ0v) is 15.3. The highest BCUT2D eigenvalue weighted by Crippen LogP contribution is 2.30. The van der Waals surface area contributed by atoms with E-state index in [2.05, 4.69) is 16.4 Å². The Hall–Kier alpha value is -2.56. The molecule has 0 saturated carbocycles. The molecule has 1 aromatic heterocycles. The number of halogens is 2. The molecule has 2 aromatic carbocycles. The molecule has 1 aliphatic rings. The van der Waals surface area contributed by atoms with Gasteiger partial charge in [-0.05, 0) is 42.3 Å². The summed E-state index contributed by atoms with van der Waals surface area (Å²) in [7, 11) is 0. The number of aromatic nitrogens is 1. The number of nitrogens with one attached hydrogen (secondary N) is 1. The van der Waals surface area contributed by atoms with Gasteiger partial charge in [-0.1, -0.05) is 41.4 Å². The molecule has 1 amide bonds. The van der Waals surface area contributed by atoms with Gasteiger partial charge in [-0.15, -0.1) is 0 Å². The molecule has 0 radical (unpaired) electrons. The van der Waals surface area contributed by atoms with Crippen LogP contribution in [0.3, 0.4) is 0 Å². The van der Waals surface area contributed by atoms with Crippen molar-refractivity contribution in [1.82, 2.24) is 4.98 Å². The predicted molar refractivity (Wildman–Crippen MR) is 106 cm³/mol. The molecule has 4 nitrogen and oxygen atoms in total. The first-order chi connectivity index (χ1) is 12.6. The average Bonchev–Trinajstić information content (AvgIpc) is 3.04. The smallest absolute Gasteiger partial charge is 0.259 e. The average molecular weight is 384 g/mol. The van der Waals surface area contributed by atoms with E-state index >= 15 is 0 Å². The summed E-state index contributed by atoms with van der Waals surface area (Å²) in [4.78, 5) is 18.9. The second kappa shape index (κ2) is 6.98. The highest BCUT2D eigenvalue weighted by molar-refractivity contribution is 6.35. The highest BCUT2D eigenvalue weighted by Gasteiger charge is 2.25. The molecular formula is C20H15Cl2N3O. The van der Waals surface area contributed by atoms with Gasteiger partial charge in [-0.3, -0.25) is 9.78 Å². The third-order valence-corrected chi connectivity index (χ3v) is 4.71. The lowest BCUT2D eigenvalue weighted by Crippen LogP contribution is -2.29. The van der Waals surface area contributed by atoms with Crippen LogP contribution in [0.25, 0.3) is 0 Å². The maximum Gasteiger partial charge on any atom is 0.259 e. The molecule has 4 rings (SSSR count). The largest absolute Gasteiger partial charge is 0.354 e. The first kappa shape index (κ1) is 16.9. The van der Waals surface area contributed by atoms with E-state index in [-0.39, 0.29) is 5.91 Å². The number of hydrogen-bond donors (Lipinski definition) is 1. The number of pyridine rings is 1. The molecule has 130 valence electrons. The number of carbonyl (C=O) groups is 1. The topological polar surface area (TPSA) is 45.2 Å². The Morgan fingerprint density at radius 3 is 2.58 bits per heavy atom. The van der Waals surface area contributed by atoms with Crippen molar-refractivity contribution in [3.05, 3.63) is 82.1 Å². The molecule has 0 aliphatic carbocycles. The van der Waals surface area contributed by atoms with Crippen molar-refractivity contribution in [2.75, 3.05) is 16.8 Å². The zero-order valence-electron chi connectivity index (χ0n) is 13.7. The Labute approximate surface area is 161 Å². The highest BCUT2D eigenvalue weighted by atomic mass is 35.5. The number of amides is 1. The number of benzene rings is 2. The fourth-order valence-corrected chi connectivity index (χ4v) is 3.65. The molecule has 0 spiro atoms. The molecule has 1 aliphatic heterocycles. The molecule has 26 heavy (non-hydrogen) atoms. The van der Waals surface area contributed by atoms with Crippen LogP contribution in [0.2, 0.25) is 10.0 Å². The molecule has 0 saturated heterocycles. The van der Waals surface area contributed by atoms with Crippen LogP contribution in [-0.4, -0.2) is 17.4 Å². The van der Waals surface area contributed by atoms with Crippen LogP contribution in [0, 0.1) is 0 Å². The number of nitrogens with zero attached hydrogens (tertiary/aromatic N) is 2. The summed E-state index contributed by atoms with van der Waals surface area (Å²) < 4.78 is 0. The summed E-state index contributed by atoms with van der Waals surface area (Å²) >= 11 is 12.1. The summed E-state index contributed by atoms with van der Waals surface area (Å²) in [5.74, 6) is -0.0600. The summed E-state index contributed by atoms with van der Waals surface area (Å²) in [6.07, 6.45) is 4.11. The van der Waals surface area contributed by atoms with Crippen molar-refractivity contribution < 1.29 is 4.79 Å². The lowest BCUT2D eigenvalue weighted by molar-refractivity contribution is 0.0989. The van der Waals surface area contributed by atoms with Crippen molar-refractivity contribution >= 4 is 46.2 Å². The van der Waals surface area contributed by atoms with Crippen molar-refractivity contribution in [3.8, 4) is 0 Å². The molecule has 1 N–H and O–H groups in total. The molecule has 0 fully saturated rings. The van der Waals surface area contributed by atoms with E-state index in [0.717, 1.165) is 17.8 Å². The van der Waals surface area contributed by atoms with Gasteiger partial charge in [0.1, 0.15) is 0 Å².